The fraction of sp³-hybridized carbons (Fsp3) is 0.364. The molecule has 6 heteroatoms. The number of carboxylic acids is 1. The van der Waals surface area contributed by atoms with Crippen molar-refractivity contribution < 1.29 is 14.6 Å². The molecule has 0 unspecified atom stereocenters. The van der Waals surface area contributed by atoms with Gasteiger partial charge in [-0.2, -0.15) is 0 Å². The summed E-state index contributed by atoms with van der Waals surface area (Å²) < 4.78 is 5.98. The SMILES string of the molecule is Cc1cc(OCCN2CCCC2)cc(C)c1-c1nc2ccc(C(=O)O)cc2[nH]1. The van der Waals surface area contributed by atoms with Crippen molar-refractivity contribution in [3.8, 4) is 17.1 Å². The van der Waals surface area contributed by atoms with E-state index >= 15 is 0 Å². The third-order valence-electron chi connectivity index (χ3n) is 5.35. The number of imidazole rings is 1. The number of H-pyrrole nitrogens is 1. The zero-order chi connectivity index (χ0) is 19.7. The van der Waals surface area contributed by atoms with E-state index in [1.807, 2.05) is 26.0 Å². The predicted molar refractivity (Wildman–Crippen MR) is 109 cm³/mol. The molecule has 4 rings (SSSR count). The number of nitrogens with zero attached hydrogens (tertiary/aromatic N) is 2. The van der Waals surface area contributed by atoms with Gasteiger partial charge in [0, 0.05) is 12.1 Å². The number of ether oxygens (including phenoxy) is 1. The summed E-state index contributed by atoms with van der Waals surface area (Å²) in [4.78, 5) is 21.5. The minimum atomic E-state index is -0.944. The molecule has 0 saturated carbocycles. The molecule has 0 spiro atoms. The van der Waals surface area contributed by atoms with Crippen molar-refractivity contribution in [2.75, 3.05) is 26.2 Å². The quantitative estimate of drug-likeness (QED) is 0.676. The summed E-state index contributed by atoms with van der Waals surface area (Å²) in [6, 6.07) is 9.02. The fourth-order valence-corrected chi connectivity index (χ4v) is 3.94. The van der Waals surface area contributed by atoms with Crippen LogP contribution in [-0.4, -0.2) is 52.2 Å². The zero-order valence-corrected chi connectivity index (χ0v) is 16.3. The Labute approximate surface area is 164 Å². The summed E-state index contributed by atoms with van der Waals surface area (Å²) in [7, 11) is 0. The number of nitrogens with one attached hydrogen (secondary N) is 1. The van der Waals surface area contributed by atoms with E-state index in [2.05, 4.69) is 14.9 Å². The van der Waals surface area contributed by atoms with Crippen molar-refractivity contribution in [3.05, 3.63) is 47.0 Å². The minimum Gasteiger partial charge on any atom is -0.492 e. The molecule has 1 aromatic heterocycles. The highest BCUT2D eigenvalue weighted by Crippen LogP contribution is 2.31. The van der Waals surface area contributed by atoms with Crippen LogP contribution in [0.3, 0.4) is 0 Å². The first-order chi connectivity index (χ1) is 13.5. The second-order valence-electron chi connectivity index (χ2n) is 7.45. The molecule has 0 radical (unpaired) electrons. The monoisotopic (exact) mass is 379 g/mol. The van der Waals surface area contributed by atoms with Crippen molar-refractivity contribution in [3.63, 3.8) is 0 Å². The number of benzene rings is 2. The maximum atomic E-state index is 11.2. The summed E-state index contributed by atoms with van der Waals surface area (Å²) >= 11 is 0. The molecule has 1 saturated heterocycles. The highest BCUT2D eigenvalue weighted by molar-refractivity contribution is 5.93. The van der Waals surface area contributed by atoms with E-state index < -0.39 is 5.97 Å². The summed E-state index contributed by atoms with van der Waals surface area (Å²) in [5.74, 6) is 0.680. The van der Waals surface area contributed by atoms with E-state index in [1.165, 1.54) is 25.9 Å². The van der Waals surface area contributed by atoms with Crippen LogP contribution in [0.4, 0.5) is 0 Å². The van der Waals surface area contributed by atoms with E-state index in [0.717, 1.165) is 45.8 Å². The number of fused-ring (bicyclic) bond motifs is 1. The number of rotatable bonds is 6. The Hall–Kier alpha value is -2.86. The number of aromatic carboxylic acids is 1. The molecule has 2 heterocycles. The molecule has 0 atom stereocenters. The minimum absolute atomic E-state index is 0.248. The maximum Gasteiger partial charge on any atom is 0.335 e. The summed E-state index contributed by atoms with van der Waals surface area (Å²) in [5.41, 5.74) is 4.91. The van der Waals surface area contributed by atoms with Crippen LogP contribution < -0.4 is 4.74 Å². The van der Waals surface area contributed by atoms with Gasteiger partial charge in [-0.25, -0.2) is 9.78 Å². The van der Waals surface area contributed by atoms with Gasteiger partial charge in [-0.3, -0.25) is 4.90 Å². The second-order valence-corrected chi connectivity index (χ2v) is 7.45. The smallest absolute Gasteiger partial charge is 0.335 e. The lowest BCUT2D eigenvalue weighted by Crippen LogP contribution is -2.25. The molecule has 1 aliphatic rings. The predicted octanol–water partition coefficient (Wildman–Crippen LogP) is 4.02. The van der Waals surface area contributed by atoms with E-state index in [0.29, 0.717) is 6.61 Å². The number of carbonyl (C=O) groups is 1. The number of aromatic nitrogens is 2. The molecule has 3 aromatic rings. The van der Waals surface area contributed by atoms with E-state index in [1.54, 1.807) is 18.2 Å². The number of hydrogen-bond donors (Lipinski definition) is 2. The number of likely N-dealkylation sites (tertiary alicyclic amines) is 1. The van der Waals surface area contributed by atoms with Crippen LogP contribution in [0.5, 0.6) is 5.75 Å². The Morgan fingerprint density at radius 3 is 2.57 bits per heavy atom. The molecule has 2 aromatic carbocycles. The highest BCUT2D eigenvalue weighted by atomic mass is 16.5. The van der Waals surface area contributed by atoms with Gasteiger partial charge in [0.2, 0.25) is 0 Å². The average Bonchev–Trinajstić information content (AvgIpc) is 3.29. The highest BCUT2D eigenvalue weighted by Gasteiger charge is 2.15. The summed E-state index contributed by atoms with van der Waals surface area (Å²) in [5, 5.41) is 9.18. The molecule has 0 amide bonds. The Balaban J connectivity index is 1.55. The van der Waals surface area contributed by atoms with Crippen molar-refractivity contribution in [2.45, 2.75) is 26.7 Å². The number of aromatic amines is 1. The first kappa shape index (κ1) is 18.5. The van der Waals surface area contributed by atoms with Crippen molar-refractivity contribution in [2.24, 2.45) is 0 Å². The normalized spacial score (nSPS) is 14.6. The van der Waals surface area contributed by atoms with Crippen molar-refractivity contribution >= 4 is 17.0 Å². The van der Waals surface area contributed by atoms with Gasteiger partial charge >= 0.3 is 5.97 Å². The second kappa shape index (κ2) is 7.64. The van der Waals surface area contributed by atoms with E-state index in [9.17, 15) is 9.90 Å². The van der Waals surface area contributed by atoms with E-state index in [4.69, 9.17) is 4.74 Å². The van der Waals surface area contributed by atoms with Gasteiger partial charge in [-0.15, -0.1) is 0 Å². The first-order valence-electron chi connectivity index (χ1n) is 9.71. The van der Waals surface area contributed by atoms with Gasteiger partial charge in [0.1, 0.15) is 18.2 Å². The van der Waals surface area contributed by atoms with Crippen LogP contribution >= 0.6 is 0 Å². The third kappa shape index (κ3) is 3.73. The Bertz CT molecular complexity index is 996. The summed E-state index contributed by atoms with van der Waals surface area (Å²) in [6.45, 7) is 8.11. The number of hydrogen-bond acceptors (Lipinski definition) is 4. The molecule has 1 aliphatic heterocycles. The van der Waals surface area contributed by atoms with Crippen molar-refractivity contribution in [1.29, 1.82) is 0 Å². The average molecular weight is 379 g/mol. The molecule has 28 heavy (non-hydrogen) atoms. The van der Waals surface area contributed by atoms with Crippen LogP contribution in [0.25, 0.3) is 22.4 Å². The number of aryl methyl sites for hydroxylation is 2. The lowest BCUT2D eigenvalue weighted by atomic mass is 10.0. The van der Waals surface area contributed by atoms with Crippen LogP contribution in [-0.2, 0) is 0 Å². The topological polar surface area (TPSA) is 78.4 Å². The van der Waals surface area contributed by atoms with Gasteiger partial charge in [0.15, 0.2) is 0 Å². The lowest BCUT2D eigenvalue weighted by molar-refractivity contribution is 0.0697. The third-order valence-corrected chi connectivity index (χ3v) is 5.35. The zero-order valence-electron chi connectivity index (χ0n) is 16.3. The molecule has 0 bridgehead atoms. The largest absolute Gasteiger partial charge is 0.492 e. The van der Waals surface area contributed by atoms with Gasteiger partial charge in [-0.05, 0) is 81.2 Å². The Morgan fingerprint density at radius 1 is 1.18 bits per heavy atom. The molecule has 6 nitrogen and oxygen atoms in total. The van der Waals surface area contributed by atoms with Gasteiger partial charge in [0.05, 0.1) is 16.6 Å². The molecule has 146 valence electrons. The maximum absolute atomic E-state index is 11.2. The van der Waals surface area contributed by atoms with Crippen LogP contribution in [0.1, 0.15) is 34.3 Å². The standard InChI is InChI=1S/C22H25N3O3/c1-14-11-17(28-10-9-25-7-3-4-8-25)12-15(2)20(14)21-23-18-6-5-16(22(26)27)13-19(18)24-21/h5-6,11-13H,3-4,7-10H2,1-2H3,(H,23,24)(H,26,27). The molecular weight excluding hydrogens is 354 g/mol. The van der Waals surface area contributed by atoms with Crippen LogP contribution in [0.15, 0.2) is 30.3 Å². The molecular formula is C22H25N3O3. The van der Waals surface area contributed by atoms with Gasteiger partial charge in [-0.1, -0.05) is 0 Å². The lowest BCUT2D eigenvalue weighted by Gasteiger charge is -2.16. The van der Waals surface area contributed by atoms with Crippen LogP contribution in [0.2, 0.25) is 0 Å². The Morgan fingerprint density at radius 2 is 1.89 bits per heavy atom. The van der Waals surface area contributed by atoms with Gasteiger partial charge in [0.25, 0.3) is 0 Å². The molecule has 2 N–H and O–H groups in total. The fourth-order valence-electron chi connectivity index (χ4n) is 3.94. The van der Waals surface area contributed by atoms with Gasteiger partial charge < -0.3 is 14.8 Å². The van der Waals surface area contributed by atoms with Crippen molar-refractivity contribution in [1.82, 2.24) is 14.9 Å². The first-order valence-corrected chi connectivity index (χ1v) is 9.71. The summed E-state index contributed by atoms with van der Waals surface area (Å²) in [6.07, 6.45) is 2.58. The molecule has 0 aliphatic carbocycles. The number of carboxylic acid groups (broad SMARTS) is 1. The van der Waals surface area contributed by atoms with Crippen LogP contribution in [0, 0.1) is 13.8 Å². The van der Waals surface area contributed by atoms with E-state index in [-0.39, 0.29) is 5.56 Å². The molecule has 1 fully saturated rings. The Kier molecular flexibility index (Phi) is 5.05.